The quantitative estimate of drug-likeness (QED) is 0.887. The molecule has 1 unspecified atom stereocenters. The van der Waals surface area contributed by atoms with Crippen LogP contribution in [-0.4, -0.2) is 11.1 Å². The van der Waals surface area contributed by atoms with Crippen molar-refractivity contribution in [3.05, 3.63) is 51.2 Å². The minimum Gasteiger partial charge on any atom is -0.478 e. The van der Waals surface area contributed by atoms with Crippen LogP contribution in [0, 0.1) is 6.92 Å². The Kier molecular flexibility index (Phi) is 3.49. The molecule has 1 aromatic heterocycles. The second-order valence-electron chi connectivity index (χ2n) is 5.24. The van der Waals surface area contributed by atoms with E-state index in [1.165, 1.54) is 10.4 Å². The van der Waals surface area contributed by atoms with Gasteiger partial charge in [0, 0.05) is 10.6 Å². The summed E-state index contributed by atoms with van der Waals surface area (Å²) >= 11 is 1.80. The van der Waals surface area contributed by atoms with E-state index in [0.717, 1.165) is 24.8 Å². The SMILES string of the molecule is Cc1ccc(NC2CCCc3sccc32)c(C(=O)O)c1. The van der Waals surface area contributed by atoms with Gasteiger partial charge in [0.25, 0.3) is 0 Å². The molecule has 4 heteroatoms. The fourth-order valence-electron chi connectivity index (χ4n) is 2.78. The third-order valence-electron chi connectivity index (χ3n) is 3.79. The molecule has 1 aliphatic carbocycles. The number of hydrogen-bond donors (Lipinski definition) is 2. The lowest BCUT2D eigenvalue weighted by Gasteiger charge is -2.25. The standard InChI is InChI=1S/C16H17NO2S/c1-10-5-6-14(12(9-10)16(18)19)17-13-3-2-4-15-11(13)7-8-20-15/h5-9,13,17H,2-4H2,1H3,(H,18,19). The third kappa shape index (κ3) is 2.43. The van der Waals surface area contributed by atoms with E-state index in [0.29, 0.717) is 11.3 Å². The molecule has 2 aromatic rings. The molecule has 2 N–H and O–H groups in total. The zero-order chi connectivity index (χ0) is 14.1. The van der Waals surface area contributed by atoms with Gasteiger partial charge in [-0.25, -0.2) is 4.79 Å². The van der Waals surface area contributed by atoms with Crippen molar-refractivity contribution in [1.29, 1.82) is 0 Å². The van der Waals surface area contributed by atoms with Gasteiger partial charge in [0.2, 0.25) is 0 Å². The minimum atomic E-state index is -0.877. The Morgan fingerprint density at radius 3 is 3.05 bits per heavy atom. The molecule has 1 heterocycles. The van der Waals surface area contributed by atoms with Crippen LogP contribution in [0.3, 0.4) is 0 Å². The average Bonchev–Trinajstić information content (AvgIpc) is 2.90. The summed E-state index contributed by atoms with van der Waals surface area (Å²) in [4.78, 5) is 12.8. The van der Waals surface area contributed by atoms with E-state index in [-0.39, 0.29) is 6.04 Å². The van der Waals surface area contributed by atoms with E-state index >= 15 is 0 Å². The number of carboxylic acid groups (broad SMARTS) is 1. The van der Waals surface area contributed by atoms with Gasteiger partial charge in [-0.05, 0) is 55.3 Å². The molecule has 0 saturated heterocycles. The fraction of sp³-hybridized carbons (Fsp3) is 0.312. The van der Waals surface area contributed by atoms with Crippen molar-refractivity contribution in [2.45, 2.75) is 32.2 Å². The van der Waals surface area contributed by atoms with E-state index in [1.807, 2.05) is 19.1 Å². The monoisotopic (exact) mass is 287 g/mol. The Labute approximate surface area is 122 Å². The normalized spacial score (nSPS) is 17.6. The Morgan fingerprint density at radius 1 is 1.40 bits per heavy atom. The summed E-state index contributed by atoms with van der Waals surface area (Å²) in [6.07, 6.45) is 3.35. The van der Waals surface area contributed by atoms with Crippen LogP contribution < -0.4 is 5.32 Å². The molecule has 1 aromatic carbocycles. The molecule has 3 rings (SSSR count). The van der Waals surface area contributed by atoms with Crippen molar-refractivity contribution in [3.63, 3.8) is 0 Å². The highest BCUT2D eigenvalue weighted by Gasteiger charge is 2.22. The summed E-state index contributed by atoms with van der Waals surface area (Å²) < 4.78 is 0. The molecule has 0 bridgehead atoms. The van der Waals surface area contributed by atoms with Gasteiger partial charge in [-0.3, -0.25) is 0 Å². The molecule has 0 spiro atoms. The van der Waals surface area contributed by atoms with E-state index in [4.69, 9.17) is 0 Å². The van der Waals surface area contributed by atoms with Gasteiger partial charge in [-0.15, -0.1) is 11.3 Å². The zero-order valence-corrected chi connectivity index (χ0v) is 12.2. The molecular weight excluding hydrogens is 270 g/mol. The van der Waals surface area contributed by atoms with Crippen LogP contribution >= 0.6 is 11.3 Å². The summed E-state index contributed by atoms with van der Waals surface area (Å²) in [7, 11) is 0. The maximum Gasteiger partial charge on any atom is 0.337 e. The molecule has 0 saturated carbocycles. The average molecular weight is 287 g/mol. The van der Waals surface area contributed by atoms with E-state index in [1.54, 1.807) is 17.4 Å². The van der Waals surface area contributed by atoms with Crippen molar-refractivity contribution >= 4 is 23.0 Å². The van der Waals surface area contributed by atoms with Gasteiger partial charge in [-0.1, -0.05) is 11.6 Å². The molecule has 3 nitrogen and oxygen atoms in total. The van der Waals surface area contributed by atoms with Gasteiger partial charge in [-0.2, -0.15) is 0 Å². The predicted octanol–water partition coefficient (Wildman–Crippen LogP) is 4.24. The number of nitrogens with one attached hydrogen (secondary N) is 1. The van der Waals surface area contributed by atoms with E-state index in [9.17, 15) is 9.90 Å². The van der Waals surface area contributed by atoms with Gasteiger partial charge >= 0.3 is 5.97 Å². The number of aromatic carboxylic acids is 1. The summed E-state index contributed by atoms with van der Waals surface area (Å²) in [5.41, 5.74) is 3.37. The molecular formula is C16H17NO2S. The van der Waals surface area contributed by atoms with Crippen molar-refractivity contribution in [3.8, 4) is 0 Å². The summed E-state index contributed by atoms with van der Waals surface area (Å²) in [6.45, 7) is 1.91. The van der Waals surface area contributed by atoms with Crippen LogP contribution in [0.15, 0.2) is 29.6 Å². The van der Waals surface area contributed by atoms with Crippen LogP contribution in [0.1, 0.15) is 45.2 Å². The number of anilines is 1. The molecule has 0 radical (unpaired) electrons. The van der Waals surface area contributed by atoms with Gasteiger partial charge in [0.15, 0.2) is 0 Å². The Hall–Kier alpha value is -1.81. The van der Waals surface area contributed by atoms with Crippen LogP contribution in [0.5, 0.6) is 0 Å². The molecule has 104 valence electrons. The molecule has 0 fully saturated rings. The summed E-state index contributed by atoms with van der Waals surface area (Å²) in [5.74, 6) is -0.877. The lowest BCUT2D eigenvalue weighted by atomic mass is 9.93. The Bertz CT molecular complexity index is 648. The first kappa shape index (κ1) is 13.2. The number of rotatable bonds is 3. The third-order valence-corrected chi connectivity index (χ3v) is 4.78. The molecule has 1 aliphatic rings. The van der Waals surface area contributed by atoms with Gasteiger partial charge in [0.05, 0.1) is 11.6 Å². The highest BCUT2D eigenvalue weighted by atomic mass is 32.1. The lowest BCUT2D eigenvalue weighted by Crippen LogP contribution is -2.17. The number of carboxylic acids is 1. The predicted molar refractivity (Wildman–Crippen MR) is 81.8 cm³/mol. The van der Waals surface area contributed by atoms with E-state index < -0.39 is 5.97 Å². The van der Waals surface area contributed by atoms with Crippen molar-refractivity contribution in [2.75, 3.05) is 5.32 Å². The second kappa shape index (κ2) is 5.29. The number of hydrogen-bond acceptors (Lipinski definition) is 3. The maximum atomic E-state index is 11.4. The number of benzene rings is 1. The van der Waals surface area contributed by atoms with Gasteiger partial charge in [0.1, 0.15) is 0 Å². The molecule has 20 heavy (non-hydrogen) atoms. The number of aryl methyl sites for hydroxylation is 2. The van der Waals surface area contributed by atoms with Crippen molar-refractivity contribution in [1.82, 2.24) is 0 Å². The largest absolute Gasteiger partial charge is 0.478 e. The molecule has 0 amide bonds. The highest BCUT2D eigenvalue weighted by molar-refractivity contribution is 7.10. The van der Waals surface area contributed by atoms with E-state index in [2.05, 4.69) is 16.8 Å². The number of carbonyl (C=O) groups is 1. The fourth-order valence-corrected chi connectivity index (χ4v) is 3.77. The Morgan fingerprint density at radius 2 is 2.25 bits per heavy atom. The first-order chi connectivity index (χ1) is 9.65. The van der Waals surface area contributed by atoms with Crippen LogP contribution in [0.25, 0.3) is 0 Å². The first-order valence-electron chi connectivity index (χ1n) is 6.82. The molecule has 1 atom stereocenters. The second-order valence-corrected chi connectivity index (χ2v) is 6.24. The molecule has 0 aliphatic heterocycles. The number of fused-ring (bicyclic) bond motifs is 1. The van der Waals surface area contributed by atoms with Gasteiger partial charge < -0.3 is 10.4 Å². The minimum absolute atomic E-state index is 0.228. The number of thiophene rings is 1. The zero-order valence-electron chi connectivity index (χ0n) is 11.3. The maximum absolute atomic E-state index is 11.4. The smallest absolute Gasteiger partial charge is 0.337 e. The topological polar surface area (TPSA) is 49.3 Å². The van der Waals surface area contributed by atoms with Crippen LogP contribution in [0.2, 0.25) is 0 Å². The van der Waals surface area contributed by atoms with Crippen molar-refractivity contribution in [2.24, 2.45) is 0 Å². The summed E-state index contributed by atoms with van der Waals surface area (Å²) in [6, 6.07) is 7.93. The van der Waals surface area contributed by atoms with Crippen LogP contribution in [0.4, 0.5) is 5.69 Å². The first-order valence-corrected chi connectivity index (χ1v) is 7.70. The lowest BCUT2D eigenvalue weighted by molar-refractivity contribution is 0.0698. The van der Waals surface area contributed by atoms with Crippen molar-refractivity contribution < 1.29 is 9.90 Å². The highest BCUT2D eigenvalue weighted by Crippen LogP contribution is 2.36. The van der Waals surface area contributed by atoms with Crippen LogP contribution in [-0.2, 0) is 6.42 Å². The summed E-state index contributed by atoms with van der Waals surface area (Å²) in [5, 5.41) is 14.9. The Balaban J connectivity index is 1.92.